The van der Waals surface area contributed by atoms with Crippen LogP contribution in [0.3, 0.4) is 0 Å². The molecule has 0 aromatic carbocycles. The number of aliphatic hydroxyl groups excluding tert-OH is 1. The number of guanidine groups is 1. The molecule has 0 spiro atoms. The van der Waals surface area contributed by atoms with Gasteiger partial charge in [-0.15, -0.1) is 24.0 Å². The Hall–Kier alpha value is -0.330. The lowest BCUT2D eigenvalue weighted by Crippen LogP contribution is -2.46. The van der Waals surface area contributed by atoms with E-state index in [-0.39, 0.29) is 42.5 Å². The van der Waals surface area contributed by atoms with Crippen molar-refractivity contribution in [2.24, 2.45) is 10.4 Å². The van der Waals surface area contributed by atoms with Crippen LogP contribution in [0.15, 0.2) is 4.99 Å². The van der Waals surface area contributed by atoms with Gasteiger partial charge < -0.3 is 20.5 Å². The Kier molecular flexibility index (Phi) is 11.2. The Balaban J connectivity index is 0.00000529. The normalized spacial score (nSPS) is 21.7. The third-order valence-corrected chi connectivity index (χ3v) is 3.92. The Labute approximate surface area is 158 Å². The molecule has 1 rings (SSSR count). The monoisotopic (exact) mass is 468 g/mol. The third-order valence-electron chi connectivity index (χ3n) is 3.92. The molecule has 144 valence electrons. The molecule has 1 heterocycles. The second kappa shape index (κ2) is 11.3. The van der Waals surface area contributed by atoms with E-state index in [9.17, 15) is 18.3 Å². The first kappa shape index (κ1) is 23.7. The molecule has 0 saturated carbocycles. The van der Waals surface area contributed by atoms with E-state index >= 15 is 0 Å². The number of hydrogen-bond acceptors (Lipinski definition) is 4. The highest BCUT2D eigenvalue weighted by molar-refractivity contribution is 14.0. The first-order chi connectivity index (χ1) is 10.8. The number of nitrogens with one attached hydrogen (secondary N) is 2. The van der Waals surface area contributed by atoms with E-state index in [4.69, 9.17) is 4.74 Å². The zero-order chi connectivity index (χ0) is 17.3. The van der Waals surface area contributed by atoms with Crippen molar-refractivity contribution in [2.75, 3.05) is 60.1 Å². The summed E-state index contributed by atoms with van der Waals surface area (Å²) in [5.74, 6) is 0.537. The average molecular weight is 468 g/mol. The molecular formula is C14H28F3IN4O2. The van der Waals surface area contributed by atoms with Crippen LogP contribution in [0.1, 0.15) is 12.8 Å². The van der Waals surface area contributed by atoms with Gasteiger partial charge in [-0.3, -0.25) is 9.89 Å². The molecule has 0 bridgehead atoms. The van der Waals surface area contributed by atoms with E-state index in [0.717, 1.165) is 6.42 Å². The first-order valence-corrected chi connectivity index (χ1v) is 7.69. The molecule has 10 heteroatoms. The molecule has 0 aromatic rings. The number of nitrogens with zero attached hydrogens (tertiary/aromatic N) is 2. The van der Waals surface area contributed by atoms with Crippen molar-refractivity contribution in [2.45, 2.75) is 19.0 Å². The summed E-state index contributed by atoms with van der Waals surface area (Å²) < 4.78 is 42.1. The largest absolute Gasteiger partial charge is 0.401 e. The van der Waals surface area contributed by atoms with Crippen molar-refractivity contribution in [1.29, 1.82) is 0 Å². The zero-order valence-corrected chi connectivity index (χ0v) is 16.5. The predicted octanol–water partition coefficient (Wildman–Crippen LogP) is 1.05. The van der Waals surface area contributed by atoms with Crippen LogP contribution >= 0.6 is 24.0 Å². The molecular weight excluding hydrogens is 440 g/mol. The van der Waals surface area contributed by atoms with E-state index in [1.54, 1.807) is 7.05 Å². The molecule has 6 nitrogen and oxygen atoms in total. The first-order valence-electron chi connectivity index (χ1n) is 7.69. The van der Waals surface area contributed by atoms with Crippen LogP contribution in [0.2, 0.25) is 0 Å². The number of halogens is 4. The lowest BCUT2D eigenvalue weighted by atomic mass is 9.84. The van der Waals surface area contributed by atoms with E-state index in [0.29, 0.717) is 38.7 Å². The minimum absolute atomic E-state index is 0. The Morgan fingerprint density at radius 2 is 2.08 bits per heavy atom. The Morgan fingerprint density at radius 3 is 2.58 bits per heavy atom. The van der Waals surface area contributed by atoms with E-state index in [2.05, 4.69) is 15.6 Å². The second-order valence-corrected chi connectivity index (χ2v) is 5.98. The molecule has 0 amide bonds. The standard InChI is InChI=1S/C14H27F3N4O2.HI/c1-18-12(19-5-6-21(2)10-14(15,16)17)20-9-13(3-7-22)4-8-23-11-13;/h22H,3-11H2,1-2H3,(H2,18,19,20);1H. The van der Waals surface area contributed by atoms with Gasteiger partial charge in [-0.2, -0.15) is 13.2 Å². The molecule has 1 saturated heterocycles. The van der Waals surface area contributed by atoms with Crippen LogP contribution in [0.4, 0.5) is 13.2 Å². The quantitative estimate of drug-likeness (QED) is 0.283. The lowest BCUT2D eigenvalue weighted by molar-refractivity contribution is -0.142. The fourth-order valence-electron chi connectivity index (χ4n) is 2.55. The van der Waals surface area contributed by atoms with E-state index in [1.807, 2.05) is 0 Å². The van der Waals surface area contributed by atoms with Gasteiger partial charge in [0.15, 0.2) is 5.96 Å². The van der Waals surface area contributed by atoms with E-state index < -0.39 is 12.7 Å². The molecule has 1 aliphatic heterocycles. The van der Waals surface area contributed by atoms with Gasteiger partial charge in [0.05, 0.1) is 13.2 Å². The number of hydrogen-bond donors (Lipinski definition) is 3. The molecule has 0 aromatic heterocycles. The molecule has 0 radical (unpaired) electrons. The smallest absolute Gasteiger partial charge is 0.396 e. The lowest BCUT2D eigenvalue weighted by Gasteiger charge is -2.28. The molecule has 24 heavy (non-hydrogen) atoms. The maximum absolute atomic E-state index is 12.2. The summed E-state index contributed by atoms with van der Waals surface area (Å²) in [6.07, 6.45) is -2.68. The highest BCUT2D eigenvalue weighted by Crippen LogP contribution is 2.31. The van der Waals surface area contributed by atoms with Crippen molar-refractivity contribution >= 4 is 29.9 Å². The van der Waals surface area contributed by atoms with Gasteiger partial charge in [-0.1, -0.05) is 0 Å². The summed E-state index contributed by atoms with van der Waals surface area (Å²) in [6, 6.07) is 0. The molecule has 1 unspecified atom stereocenters. The van der Waals surface area contributed by atoms with Crippen molar-refractivity contribution < 1.29 is 23.0 Å². The van der Waals surface area contributed by atoms with Crippen molar-refractivity contribution in [3.63, 3.8) is 0 Å². The van der Waals surface area contributed by atoms with Gasteiger partial charge in [-0.05, 0) is 19.9 Å². The van der Waals surface area contributed by atoms with Crippen LogP contribution in [0.5, 0.6) is 0 Å². The summed E-state index contributed by atoms with van der Waals surface area (Å²) in [7, 11) is 3.04. The number of rotatable bonds is 8. The summed E-state index contributed by atoms with van der Waals surface area (Å²) >= 11 is 0. The van der Waals surface area contributed by atoms with Crippen LogP contribution in [-0.4, -0.2) is 82.2 Å². The van der Waals surface area contributed by atoms with Gasteiger partial charge in [0, 0.05) is 45.3 Å². The fraction of sp³-hybridized carbons (Fsp3) is 0.929. The van der Waals surface area contributed by atoms with Gasteiger partial charge in [-0.25, -0.2) is 0 Å². The van der Waals surface area contributed by atoms with Gasteiger partial charge in [0.25, 0.3) is 0 Å². The van der Waals surface area contributed by atoms with Gasteiger partial charge in [0.2, 0.25) is 0 Å². The predicted molar refractivity (Wildman–Crippen MR) is 97.9 cm³/mol. The van der Waals surface area contributed by atoms with Crippen molar-refractivity contribution in [1.82, 2.24) is 15.5 Å². The minimum atomic E-state index is -4.19. The van der Waals surface area contributed by atoms with Gasteiger partial charge >= 0.3 is 6.18 Å². The molecule has 1 fully saturated rings. The zero-order valence-electron chi connectivity index (χ0n) is 14.2. The molecule has 1 aliphatic rings. The highest BCUT2D eigenvalue weighted by atomic mass is 127. The SMILES string of the molecule is CN=C(NCCN(C)CC(F)(F)F)NCC1(CCO)CCOC1.I. The van der Waals surface area contributed by atoms with Gasteiger partial charge in [0.1, 0.15) is 0 Å². The maximum Gasteiger partial charge on any atom is 0.401 e. The topological polar surface area (TPSA) is 69.1 Å². The van der Waals surface area contributed by atoms with Crippen molar-refractivity contribution in [3.05, 3.63) is 0 Å². The molecule has 3 N–H and O–H groups in total. The van der Waals surface area contributed by atoms with E-state index in [1.165, 1.54) is 11.9 Å². The van der Waals surface area contributed by atoms with Crippen LogP contribution in [-0.2, 0) is 4.74 Å². The molecule has 0 aliphatic carbocycles. The number of aliphatic imine (C=N–C) groups is 1. The number of aliphatic hydroxyl groups is 1. The van der Waals surface area contributed by atoms with Crippen molar-refractivity contribution in [3.8, 4) is 0 Å². The fourth-order valence-corrected chi connectivity index (χ4v) is 2.55. The van der Waals surface area contributed by atoms with Crippen LogP contribution in [0, 0.1) is 5.41 Å². The highest BCUT2D eigenvalue weighted by Gasteiger charge is 2.34. The van der Waals surface area contributed by atoms with Crippen LogP contribution in [0.25, 0.3) is 0 Å². The number of ether oxygens (including phenoxy) is 1. The Bertz CT molecular complexity index is 378. The maximum atomic E-state index is 12.2. The minimum Gasteiger partial charge on any atom is -0.396 e. The summed E-state index contributed by atoms with van der Waals surface area (Å²) in [4.78, 5) is 5.27. The second-order valence-electron chi connectivity index (χ2n) is 5.98. The summed E-state index contributed by atoms with van der Waals surface area (Å²) in [5.41, 5.74) is -0.112. The third kappa shape index (κ3) is 9.23. The molecule has 1 atom stereocenters. The van der Waals surface area contributed by atoms with Crippen LogP contribution < -0.4 is 10.6 Å². The number of likely N-dealkylation sites (N-methyl/N-ethyl adjacent to an activating group) is 1. The summed E-state index contributed by atoms with van der Waals surface area (Å²) in [6.45, 7) is 1.64. The summed E-state index contributed by atoms with van der Waals surface area (Å²) in [5, 5.41) is 15.3. The Morgan fingerprint density at radius 1 is 1.38 bits per heavy atom. The average Bonchev–Trinajstić information content (AvgIpc) is 2.90. The number of alkyl halides is 3.